The van der Waals surface area contributed by atoms with Crippen molar-refractivity contribution >= 4 is 41.4 Å². The monoisotopic (exact) mass is 1130 g/mol. The Morgan fingerprint density at radius 2 is 0.963 bits per heavy atom. The standard InChI is InChI=1S/C58H78N8O8.C2HF3O2/c1-37(59-3)53(67)61-49(39-21-9-7-10-22-39)57(71)65-31-19-29-45(65)55(69)63-51-43-27-15-13-25-41(43)35-47(51)73-33-17-5-6-18-34-74-48-36-42-26-14-16-28-44(42)52(48)64-56(70)46-30-20-32-66(46)58(72)50(40-23-11-8-12-24-40)62-54(68)38(2)60-4;3-2(4,5)1(6)7/h13-16,25-28,37-40,45-52,59-60H,7-12,19-24,29-36H2,1-4H3,(H,61,67)(H,62,68)(H,63,69)(H,64,70);(H,6,7)/t37-,38-,45-,46-,47-,48+,49-,50-,51?,52-;/m0./s1. The van der Waals surface area contributed by atoms with Crippen LogP contribution in [0.5, 0.6) is 0 Å². The molecule has 6 amide bonds. The molecule has 10 atom stereocenters. The van der Waals surface area contributed by atoms with Crippen molar-refractivity contribution in [3.8, 4) is 23.7 Å². The topological polar surface area (TPSA) is 237 Å². The number of halogens is 3. The maximum absolute atomic E-state index is 14.3. The van der Waals surface area contributed by atoms with Crippen molar-refractivity contribution in [1.82, 2.24) is 41.7 Å². The largest absolute Gasteiger partial charge is 0.490 e. The van der Waals surface area contributed by atoms with Crippen molar-refractivity contribution in [2.24, 2.45) is 11.8 Å². The van der Waals surface area contributed by atoms with E-state index in [0.717, 1.165) is 86.5 Å². The van der Waals surface area contributed by atoms with Crippen molar-refractivity contribution in [1.29, 1.82) is 0 Å². The van der Waals surface area contributed by atoms with Gasteiger partial charge in [-0.2, -0.15) is 13.2 Å². The first kappa shape index (κ1) is 62.1. The number of carboxylic acid groups (broad SMARTS) is 1. The molecule has 0 spiro atoms. The van der Waals surface area contributed by atoms with E-state index in [1.54, 1.807) is 37.7 Å². The Kier molecular flexibility index (Phi) is 22.6. The normalized spacial score (nSPS) is 24.0. The van der Waals surface area contributed by atoms with Gasteiger partial charge >= 0.3 is 12.1 Å². The summed E-state index contributed by atoms with van der Waals surface area (Å²) in [6.45, 7) is 4.62. The number of benzene rings is 2. The number of carboxylic acids is 1. The van der Waals surface area contributed by atoms with E-state index in [1.807, 2.05) is 48.5 Å². The second-order valence-corrected chi connectivity index (χ2v) is 22.1. The number of ether oxygens (including phenoxy) is 2. The number of fused-ring (bicyclic) bond motifs is 2. The number of alkyl halides is 3. The number of hydrogen-bond acceptors (Lipinski definition) is 11. The van der Waals surface area contributed by atoms with Crippen molar-refractivity contribution in [3.05, 3.63) is 70.8 Å². The minimum absolute atomic E-state index is 0.0261. The molecular weight excluding hydrogens is 1050 g/mol. The quantitative estimate of drug-likeness (QED) is 0.102. The molecule has 8 rings (SSSR count). The molecule has 1 unspecified atom stereocenters. The Morgan fingerprint density at radius 3 is 1.32 bits per heavy atom. The van der Waals surface area contributed by atoms with Crippen LogP contribution in [0, 0.1) is 35.5 Å². The molecule has 6 aliphatic rings. The zero-order chi connectivity index (χ0) is 58.2. The summed E-state index contributed by atoms with van der Waals surface area (Å²) in [7, 11) is 3.44. The van der Waals surface area contributed by atoms with Crippen LogP contribution in [-0.2, 0) is 55.9 Å². The molecule has 81 heavy (non-hydrogen) atoms. The number of carbonyl (C=O) groups is 7. The van der Waals surface area contributed by atoms with Gasteiger partial charge in [0.15, 0.2) is 0 Å². The van der Waals surface area contributed by atoms with Gasteiger partial charge in [0.05, 0.1) is 36.4 Å². The van der Waals surface area contributed by atoms with Gasteiger partial charge in [0.2, 0.25) is 35.4 Å². The van der Waals surface area contributed by atoms with Crippen LogP contribution in [0.2, 0.25) is 0 Å². The highest BCUT2D eigenvalue weighted by molar-refractivity contribution is 5.95. The fourth-order valence-corrected chi connectivity index (χ4v) is 12.2. The van der Waals surface area contributed by atoms with Crippen LogP contribution in [0.15, 0.2) is 48.5 Å². The van der Waals surface area contributed by atoms with Gasteiger partial charge < -0.3 is 56.3 Å². The molecule has 4 fully saturated rings. The Labute approximate surface area is 472 Å². The maximum atomic E-state index is 14.3. The SMILES string of the molecule is CN[C@@H](C)C(=O)N[C@H](C(=O)N1CCC[C@H]1C(=O)NC1c2ccccc2C[C@@H]1OCC#CC#CCO[C@@H]1Cc2ccccc2[C@@H]1NC(=O)[C@@H]1CCCN1C(=O)[C@@H](NC(=O)[C@H](C)NC)C1CCCCC1)C1CCCCC1.O=C(O)C(F)(F)F. The van der Waals surface area contributed by atoms with Gasteiger partial charge in [0, 0.05) is 25.9 Å². The van der Waals surface area contributed by atoms with Crippen LogP contribution in [0.4, 0.5) is 13.2 Å². The molecule has 0 aromatic heterocycles. The highest BCUT2D eigenvalue weighted by Gasteiger charge is 2.45. The Balaban J connectivity index is 0.00000127. The molecule has 0 bridgehead atoms. The summed E-state index contributed by atoms with van der Waals surface area (Å²) in [4.78, 5) is 95.5. The summed E-state index contributed by atoms with van der Waals surface area (Å²) < 4.78 is 44.4. The van der Waals surface area contributed by atoms with Crippen LogP contribution in [-0.4, -0.2) is 151 Å². The number of likely N-dealkylation sites (N-methyl/N-ethyl adjacent to an activating group) is 2. The lowest BCUT2D eigenvalue weighted by molar-refractivity contribution is -0.192. The number of carbonyl (C=O) groups excluding carboxylic acids is 6. The molecule has 18 nitrogen and oxygen atoms in total. The van der Waals surface area contributed by atoms with E-state index in [0.29, 0.717) is 51.6 Å². The first-order chi connectivity index (χ1) is 38.9. The van der Waals surface area contributed by atoms with Crippen molar-refractivity contribution < 1.29 is 61.3 Å². The molecular formula is C60H79F3N8O10. The van der Waals surface area contributed by atoms with E-state index in [4.69, 9.17) is 19.4 Å². The van der Waals surface area contributed by atoms with Gasteiger partial charge in [-0.25, -0.2) is 4.79 Å². The molecule has 2 saturated carbocycles. The fraction of sp³-hybridized carbons (Fsp3) is 0.617. The summed E-state index contributed by atoms with van der Waals surface area (Å²) in [5.74, 6) is 7.80. The van der Waals surface area contributed by atoms with Gasteiger partial charge in [0.25, 0.3) is 0 Å². The number of aliphatic carboxylic acids is 1. The number of nitrogens with one attached hydrogen (secondary N) is 6. The molecule has 2 heterocycles. The van der Waals surface area contributed by atoms with E-state index in [2.05, 4.69) is 55.6 Å². The lowest BCUT2D eigenvalue weighted by atomic mass is 9.83. The van der Waals surface area contributed by atoms with Gasteiger partial charge in [-0.3, -0.25) is 28.8 Å². The Morgan fingerprint density at radius 1 is 0.593 bits per heavy atom. The van der Waals surface area contributed by atoms with Gasteiger partial charge in [-0.05, 0) is 125 Å². The minimum Gasteiger partial charge on any atom is -0.475 e. The van der Waals surface area contributed by atoms with Crippen molar-refractivity contribution in [3.63, 3.8) is 0 Å². The van der Waals surface area contributed by atoms with Crippen molar-refractivity contribution in [2.45, 2.75) is 183 Å². The predicted molar refractivity (Wildman–Crippen MR) is 294 cm³/mol. The third-order valence-electron chi connectivity index (χ3n) is 16.9. The maximum Gasteiger partial charge on any atom is 0.490 e. The number of nitrogens with zero attached hydrogens (tertiary/aromatic N) is 2. The van der Waals surface area contributed by atoms with Crippen LogP contribution >= 0.6 is 0 Å². The highest BCUT2D eigenvalue weighted by Crippen LogP contribution is 2.37. The second kappa shape index (κ2) is 29.5. The van der Waals surface area contributed by atoms with E-state index in [1.165, 1.54) is 0 Å². The number of hydrogen-bond donors (Lipinski definition) is 7. The summed E-state index contributed by atoms with van der Waals surface area (Å²) >= 11 is 0. The highest BCUT2D eigenvalue weighted by atomic mass is 19.4. The lowest BCUT2D eigenvalue weighted by Gasteiger charge is -2.35. The predicted octanol–water partition coefficient (Wildman–Crippen LogP) is 4.55. The molecule has 0 radical (unpaired) electrons. The summed E-state index contributed by atoms with van der Waals surface area (Å²) in [5, 5.41) is 25.7. The fourth-order valence-electron chi connectivity index (χ4n) is 12.2. The lowest BCUT2D eigenvalue weighted by Crippen LogP contribution is -2.58. The van der Waals surface area contributed by atoms with E-state index in [-0.39, 0.29) is 72.7 Å². The number of amides is 6. The molecule has 7 N–H and O–H groups in total. The summed E-state index contributed by atoms with van der Waals surface area (Å²) in [5.41, 5.74) is 4.10. The minimum atomic E-state index is -5.08. The zero-order valence-corrected chi connectivity index (χ0v) is 46.8. The number of rotatable bonds is 18. The van der Waals surface area contributed by atoms with E-state index < -0.39 is 60.5 Å². The van der Waals surface area contributed by atoms with E-state index >= 15 is 0 Å². The summed E-state index contributed by atoms with van der Waals surface area (Å²) in [6, 6.07) is 11.5. The molecule has 21 heteroatoms. The van der Waals surface area contributed by atoms with Crippen LogP contribution in [0.3, 0.4) is 0 Å². The first-order valence-corrected chi connectivity index (χ1v) is 28.7. The van der Waals surface area contributed by atoms with Crippen LogP contribution in [0.1, 0.15) is 138 Å². The molecule has 4 aliphatic carbocycles. The van der Waals surface area contributed by atoms with Gasteiger partial charge in [0.1, 0.15) is 37.4 Å². The van der Waals surface area contributed by atoms with Gasteiger partial charge in [-0.1, -0.05) is 98.9 Å². The molecule has 2 aromatic rings. The molecule has 2 aromatic carbocycles. The second-order valence-electron chi connectivity index (χ2n) is 22.1. The summed E-state index contributed by atoms with van der Waals surface area (Å²) in [6.07, 6.45) is 7.51. The van der Waals surface area contributed by atoms with Crippen LogP contribution < -0.4 is 31.9 Å². The third-order valence-corrected chi connectivity index (χ3v) is 16.9. The zero-order valence-electron chi connectivity index (χ0n) is 46.8. The smallest absolute Gasteiger partial charge is 0.475 e. The van der Waals surface area contributed by atoms with Crippen molar-refractivity contribution in [2.75, 3.05) is 40.4 Å². The van der Waals surface area contributed by atoms with Crippen LogP contribution in [0.25, 0.3) is 0 Å². The Bertz CT molecular complexity index is 2510. The first-order valence-electron chi connectivity index (χ1n) is 28.7. The molecule has 2 saturated heterocycles. The molecule has 440 valence electrons. The number of likely N-dealkylation sites (tertiary alicyclic amines) is 2. The average molecular weight is 1130 g/mol. The van der Waals surface area contributed by atoms with Gasteiger partial charge in [-0.15, -0.1) is 0 Å². The average Bonchev–Trinajstić information content (AvgIpc) is 4.44. The Hall–Kier alpha value is -6.52. The third kappa shape index (κ3) is 16.1. The molecule has 2 aliphatic heterocycles. The van der Waals surface area contributed by atoms with E-state index in [9.17, 15) is 41.9 Å².